The molecule has 2 N–H and O–H groups in total. The van der Waals surface area contributed by atoms with E-state index in [1.807, 2.05) is 13.8 Å². The molecular formula is C13H27NO2. The molecule has 1 aliphatic rings. The van der Waals surface area contributed by atoms with E-state index in [1.54, 1.807) is 0 Å². The molecule has 16 heavy (non-hydrogen) atoms. The summed E-state index contributed by atoms with van der Waals surface area (Å²) in [6, 6.07) is 0.694. The summed E-state index contributed by atoms with van der Waals surface area (Å²) in [5.74, 6) is 0. The molecule has 1 rings (SSSR count). The number of hydrogen-bond acceptors (Lipinski definition) is 3. The van der Waals surface area contributed by atoms with E-state index in [9.17, 15) is 5.11 Å². The van der Waals surface area contributed by atoms with Gasteiger partial charge >= 0.3 is 0 Å². The molecule has 0 aromatic rings. The zero-order valence-corrected chi connectivity index (χ0v) is 11.0. The molecule has 1 aliphatic carbocycles. The van der Waals surface area contributed by atoms with E-state index >= 15 is 0 Å². The summed E-state index contributed by atoms with van der Waals surface area (Å²) in [5, 5.41) is 13.1. The van der Waals surface area contributed by atoms with Crippen LogP contribution in [-0.2, 0) is 4.74 Å². The van der Waals surface area contributed by atoms with Crippen LogP contribution in [0.2, 0.25) is 0 Å². The van der Waals surface area contributed by atoms with Crippen molar-refractivity contribution >= 4 is 0 Å². The number of ether oxygens (including phenoxy) is 1. The van der Waals surface area contributed by atoms with E-state index in [2.05, 4.69) is 12.2 Å². The first-order valence-electron chi connectivity index (χ1n) is 6.58. The Morgan fingerprint density at radius 1 is 1.25 bits per heavy atom. The van der Waals surface area contributed by atoms with Crippen LogP contribution in [0.3, 0.4) is 0 Å². The van der Waals surface area contributed by atoms with Gasteiger partial charge in [0.15, 0.2) is 0 Å². The normalized spacial score (nSPS) is 27.0. The minimum absolute atomic E-state index is 0.414. The first kappa shape index (κ1) is 13.9. The van der Waals surface area contributed by atoms with Crippen molar-refractivity contribution in [1.82, 2.24) is 5.32 Å². The van der Waals surface area contributed by atoms with Crippen molar-refractivity contribution < 1.29 is 9.84 Å². The van der Waals surface area contributed by atoms with Gasteiger partial charge in [0.25, 0.3) is 0 Å². The highest BCUT2D eigenvalue weighted by Crippen LogP contribution is 2.21. The van der Waals surface area contributed by atoms with E-state index in [-0.39, 0.29) is 0 Å². The average molecular weight is 229 g/mol. The number of nitrogens with one attached hydrogen (secondary N) is 1. The van der Waals surface area contributed by atoms with Crippen LogP contribution in [-0.4, -0.2) is 36.0 Å². The molecule has 96 valence electrons. The molecule has 0 aliphatic heterocycles. The van der Waals surface area contributed by atoms with Crippen LogP contribution in [0.25, 0.3) is 0 Å². The highest BCUT2D eigenvalue weighted by Gasteiger charge is 2.21. The van der Waals surface area contributed by atoms with Crippen LogP contribution in [0.15, 0.2) is 0 Å². The standard InChI is InChI=1S/C13H27NO2/c1-4-14-11-5-7-12(8-6-11)16-10-9-13(2,3)15/h11-12,14-15H,4-10H2,1-3H3. The first-order valence-corrected chi connectivity index (χ1v) is 6.58. The van der Waals surface area contributed by atoms with Crippen molar-refractivity contribution in [2.75, 3.05) is 13.2 Å². The first-order chi connectivity index (χ1) is 7.51. The van der Waals surface area contributed by atoms with Gasteiger partial charge in [-0.05, 0) is 52.5 Å². The molecule has 0 unspecified atom stereocenters. The number of hydrogen-bond donors (Lipinski definition) is 2. The molecule has 0 saturated heterocycles. The highest BCUT2D eigenvalue weighted by molar-refractivity contribution is 4.77. The summed E-state index contributed by atoms with van der Waals surface area (Å²) in [5.41, 5.74) is -0.596. The van der Waals surface area contributed by atoms with E-state index in [0.717, 1.165) is 25.8 Å². The number of aliphatic hydroxyl groups is 1. The van der Waals surface area contributed by atoms with E-state index in [4.69, 9.17) is 4.74 Å². The molecule has 0 bridgehead atoms. The molecule has 3 nitrogen and oxygen atoms in total. The minimum Gasteiger partial charge on any atom is -0.390 e. The lowest BCUT2D eigenvalue weighted by Gasteiger charge is -2.29. The van der Waals surface area contributed by atoms with Gasteiger partial charge in [0.05, 0.1) is 11.7 Å². The smallest absolute Gasteiger partial charge is 0.0613 e. The van der Waals surface area contributed by atoms with Gasteiger partial charge in [-0.2, -0.15) is 0 Å². The fourth-order valence-electron chi connectivity index (χ4n) is 2.20. The molecule has 0 aromatic carbocycles. The van der Waals surface area contributed by atoms with Crippen molar-refractivity contribution in [2.24, 2.45) is 0 Å². The Hall–Kier alpha value is -0.120. The number of rotatable bonds is 6. The fourth-order valence-corrected chi connectivity index (χ4v) is 2.20. The van der Waals surface area contributed by atoms with Crippen LogP contribution in [0.4, 0.5) is 0 Å². The van der Waals surface area contributed by atoms with Crippen molar-refractivity contribution in [3.05, 3.63) is 0 Å². The predicted molar refractivity (Wildman–Crippen MR) is 66.6 cm³/mol. The third kappa shape index (κ3) is 5.83. The van der Waals surface area contributed by atoms with Crippen LogP contribution in [0.1, 0.15) is 52.9 Å². The Morgan fingerprint density at radius 2 is 1.88 bits per heavy atom. The second kappa shape index (κ2) is 6.58. The van der Waals surface area contributed by atoms with Crippen molar-refractivity contribution in [1.29, 1.82) is 0 Å². The van der Waals surface area contributed by atoms with Crippen molar-refractivity contribution in [3.63, 3.8) is 0 Å². The van der Waals surface area contributed by atoms with E-state index in [0.29, 0.717) is 18.8 Å². The Balaban J connectivity index is 2.08. The van der Waals surface area contributed by atoms with Crippen molar-refractivity contribution in [2.45, 2.75) is 70.6 Å². The van der Waals surface area contributed by atoms with Gasteiger partial charge in [0.1, 0.15) is 0 Å². The van der Waals surface area contributed by atoms with Crippen LogP contribution >= 0.6 is 0 Å². The third-order valence-corrected chi connectivity index (χ3v) is 3.23. The maximum absolute atomic E-state index is 9.57. The van der Waals surface area contributed by atoms with Crippen LogP contribution in [0.5, 0.6) is 0 Å². The Bertz CT molecular complexity index is 181. The monoisotopic (exact) mass is 229 g/mol. The van der Waals surface area contributed by atoms with Gasteiger partial charge < -0.3 is 15.2 Å². The van der Waals surface area contributed by atoms with Gasteiger partial charge in [-0.15, -0.1) is 0 Å². The highest BCUT2D eigenvalue weighted by atomic mass is 16.5. The SMILES string of the molecule is CCNC1CCC(OCCC(C)(C)O)CC1. The maximum Gasteiger partial charge on any atom is 0.0613 e. The molecular weight excluding hydrogens is 202 g/mol. The zero-order chi connectivity index (χ0) is 12.0. The van der Waals surface area contributed by atoms with Gasteiger partial charge in [-0.3, -0.25) is 0 Å². The molecule has 0 atom stereocenters. The fraction of sp³-hybridized carbons (Fsp3) is 1.00. The van der Waals surface area contributed by atoms with E-state index < -0.39 is 5.60 Å². The third-order valence-electron chi connectivity index (χ3n) is 3.23. The molecule has 3 heteroatoms. The molecule has 0 spiro atoms. The minimum atomic E-state index is -0.596. The van der Waals surface area contributed by atoms with Crippen LogP contribution in [0, 0.1) is 0 Å². The largest absolute Gasteiger partial charge is 0.390 e. The van der Waals surface area contributed by atoms with E-state index in [1.165, 1.54) is 12.8 Å². The molecule has 0 amide bonds. The van der Waals surface area contributed by atoms with Gasteiger partial charge in [0, 0.05) is 12.6 Å². The molecule has 0 aromatic heterocycles. The predicted octanol–water partition coefficient (Wildman–Crippen LogP) is 2.08. The van der Waals surface area contributed by atoms with Gasteiger partial charge in [-0.1, -0.05) is 6.92 Å². The second-order valence-corrected chi connectivity index (χ2v) is 5.46. The second-order valence-electron chi connectivity index (χ2n) is 5.46. The summed E-state index contributed by atoms with van der Waals surface area (Å²) in [7, 11) is 0. The molecule has 1 saturated carbocycles. The summed E-state index contributed by atoms with van der Waals surface area (Å²) in [6.45, 7) is 7.57. The zero-order valence-electron chi connectivity index (χ0n) is 11.0. The lowest BCUT2D eigenvalue weighted by molar-refractivity contribution is -0.0165. The lowest BCUT2D eigenvalue weighted by atomic mass is 9.93. The Labute approximate surface area is 99.6 Å². The Kier molecular flexibility index (Phi) is 5.73. The molecule has 1 fully saturated rings. The average Bonchev–Trinajstić information content (AvgIpc) is 2.19. The summed E-state index contributed by atoms with van der Waals surface area (Å²) in [4.78, 5) is 0. The summed E-state index contributed by atoms with van der Waals surface area (Å²) in [6.07, 6.45) is 5.90. The summed E-state index contributed by atoms with van der Waals surface area (Å²) < 4.78 is 5.80. The topological polar surface area (TPSA) is 41.5 Å². The Morgan fingerprint density at radius 3 is 2.38 bits per heavy atom. The quantitative estimate of drug-likeness (QED) is 0.733. The lowest BCUT2D eigenvalue weighted by Crippen LogP contribution is -2.35. The van der Waals surface area contributed by atoms with Crippen LogP contribution < -0.4 is 5.32 Å². The summed E-state index contributed by atoms with van der Waals surface area (Å²) >= 11 is 0. The molecule has 0 radical (unpaired) electrons. The van der Waals surface area contributed by atoms with Gasteiger partial charge in [-0.25, -0.2) is 0 Å². The molecule has 0 heterocycles. The maximum atomic E-state index is 9.57. The van der Waals surface area contributed by atoms with Crippen molar-refractivity contribution in [3.8, 4) is 0 Å². The van der Waals surface area contributed by atoms with Gasteiger partial charge in [0.2, 0.25) is 0 Å².